The second-order valence-electron chi connectivity index (χ2n) is 3.91. The van der Waals surface area contributed by atoms with Crippen LogP contribution in [0.1, 0.15) is 6.42 Å². The number of hydrogen-bond acceptors (Lipinski definition) is 4. The largest absolute Gasteiger partial charge is 0.303 e. The first kappa shape index (κ1) is 9.40. The molecule has 0 amide bonds. The lowest BCUT2D eigenvalue weighted by atomic mass is 10.3. The van der Waals surface area contributed by atoms with Crippen LogP contribution in [-0.2, 0) is 0 Å². The number of nitrogens with zero attached hydrogens (tertiary/aromatic N) is 2. The Morgan fingerprint density at radius 2 is 1.38 bits per heavy atom. The first-order valence-electron chi connectivity index (χ1n) is 5.31. The predicted molar refractivity (Wildman–Crippen MR) is 53.5 cm³/mol. The third kappa shape index (κ3) is 2.91. The lowest BCUT2D eigenvalue weighted by Gasteiger charge is -2.36. The summed E-state index contributed by atoms with van der Waals surface area (Å²) in [6.45, 7) is 9.31. The van der Waals surface area contributed by atoms with Gasteiger partial charge in [-0.25, -0.2) is 0 Å². The van der Waals surface area contributed by atoms with Gasteiger partial charge in [-0.2, -0.15) is 0 Å². The molecule has 2 saturated heterocycles. The van der Waals surface area contributed by atoms with Crippen molar-refractivity contribution in [1.82, 2.24) is 20.4 Å². The molecule has 0 saturated carbocycles. The molecule has 2 rings (SSSR count). The van der Waals surface area contributed by atoms with Crippen LogP contribution in [0.4, 0.5) is 0 Å². The Balaban J connectivity index is 1.83. The van der Waals surface area contributed by atoms with Crippen molar-refractivity contribution < 1.29 is 0 Å². The van der Waals surface area contributed by atoms with E-state index in [9.17, 15) is 0 Å². The minimum Gasteiger partial charge on any atom is -0.303 e. The molecule has 2 N–H and O–H groups in total. The van der Waals surface area contributed by atoms with E-state index in [4.69, 9.17) is 0 Å². The van der Waals surface area contributed by atoms with Gasteiger partial charge in [0.15, 0.2) is 0 Å². The summed E-state index contributed by atoms with van der Waals surface area (Å²) in [5.74, 6) is 0. The Hall–Kier alpha value is -0.160. The fraction of sp³-hybridized carbons (Fsp3) is 1.00. The lowest BCUT2D eigenvalue weighted by molar-refractivity contribution is 0.0839. The molecule has 2 aliphatic rings. The fourth-order valence-electron chi connectivity index (χ4n) is 2.05. The molecule has 0 aliphatic carbocycles. The Labute approximate surface area is 80.3 Å². The third-order valence-electron chi connectivity index (χ3n) is 2.81. The van der Waals surface area contributed by atoms with Crippen LogP contribution in [0, 0.1) is 0 Å². The van der Waals surface area contributed by atoms with Crippen LogP contribution in [0.2, 0.25) is 0 Å². The molecule has 2 fully saturated rings. The quantitative estimate of drug-likeness (QED) is 0.511. The van der Waals surface area contributed by atoms with Gasteiger partial charge in [-0.3, -0.25) is 9.80 Å². The summed E-state index contributed by atoms with van der Waals surface area (Å²) < 4.78 is 0. The molecule has 2 unspecified atom stereocenters. The summed E-state index contributed by atoms with van der Waals surface area (Å²) in [6.07, 6.45) is 1.33. The molecule has 2 bridgehead atoms. The van der Waals surface area contributed by atoms with Crippen LogP contribution >= 0.6 is 0 Å². The topological polar surface area (TPSA) is 30.5 Å². The van der Waals surface area contributed by atoms with E-state index in [-0.39, 0.29) is 0 Å². The van der Waals surface area contributed by atoms with Gasteiger partial charge in [-0.1, -0.05) is 0 Å². The number of hydrogen-bond donors (Lipinski definition) is 2. The summed E-state index contributed by atoms with van der Waals surface area (Å²) in [5.41, 5.74) is 0. The van der Waals surface area contributed by atoms with Gasteiger partial charge in [0, 0.05) is 45.9 Å². The van der Waals surface area contributed by atoms with Gasteiger partial charge in [0.2, 0.25) is 0 Å². The summed E-state index contributed by atoms with van der Waals surface area (Å²) in [6, 6.07) is 0. The van der Waals surface area contributed by atoms with Crippen molar-refractivity contribution in [2.45, 2.75) is 6.42 Å². The Bertz CT molecular complexity index is 137. The zero-order valence-electron chi connectivity index (χ0n) is 8.26. The van der Waals surface area contributed by atoms with Crippen LogP contribution in [0.25, 0.3) is 0 Å². The number of fused-ring (bicyclic) bond motifs is 2. The van der Waals surface area contributed by atoms with E-state index in [0.717, 1.165) is 19.8 Å². The Kier molecular flexibility index (Phi) is 3.55. The van der Waals surface area contributed by atoms with Gasteiger partial charge in [0.25, 0.3) is 0 Å². The van der Waals surface area contributed by atoms with Crippen molar-refractivity contribution in [1.29, 1.82) is 0 Å². The molecular formula is C9H20N4. The van der Waals surface area contributed by atoms with Crippen molar-refractivity contribution in [3.05, 3.63) is 0 Å². The summed E-state index contributed by atoms with van der Waals surface area (Å²) in [5, 5.41) is 6.77. The van der Waals surface area contributed by atoms with Gasteiger partial charge in [0.05, 0.1) is 6.67 Å². The maximum Gasteiger partial charge on any atom is 0.0507 e. The normalized spacial score (nSPS) is 36.9. The van der Waals surface area contributed by atoms with Crippen molar-refractivity contribution in [2.24, 2.45) is 0 Å². The maximum absolute atomic E-state index is 3.39. The third-order valence-corrected chi connectivity index (χ3v) is 2.81. The van der Waals surface area contributed by atoms with Crippen molar-refractivity contribution in [3.63, 3.8) is 0 Å². The van der Waals surface area contributed by atoms with E-state index in [0.29, 0.717) is 0 Å². The van der Waals surface area contributed by atoms with Crippen molar-refractivity contribution in [2.75, 3.05) is 52.6 Å². The van der Waals surface area contributed by atoms with Gasteiger partial charge >= 0.3 is 0 Å². The monoisotopic (exact) mass is 184 g/mol. The zero-order valence-corrected chi connectivity index (χ0v) is 8.26. The Morgan fingerprint density at radius 3 is 2.00 bits per heavy atom. The van der Waals surface area contributed by atoms with E-state index in [1.807, 2.05) is 0 Å². The summed E-state index contributed by atoms with van der Waals surface area (Å²) in [7, 11) is 0. The highest BCUT2D eigenvalue weighted by atomic mass is 15.3. The fourth-order valence-corrected chi connectivity index (χ4v) is 2.05. The van der Waals surface area contributed by atoms with E-state index in [1.54, 1.807) is 0 Å². The van der Waals surface area contributed by atoms with E-state index in [1.165, 1.54) is 39.3 Å². The summed E-state index contributed by atoms with van der Waals surface area (Å²) in [4.78, 5) is 5.09. The highest BCUT2D eigenvalue weighted by Crippen LogP contribution is 2.04. The average molecular weight is 184 g/mol. The first-order chi connectivity index (χ1) is 6.45. The Morgan fingerprint density at radius 1 is 0.769 bits per heavy atom. The van der Waals surface area contributed by atoms with Crippen molar-refractivity contribution in [3.8, 4) is 0 Å². The van der Waals surface area contributed by atoms with E-state index >= 15 is 0 Å². The van der Waals surface area contributed by atoms with Crippen LogP contribution in [-0.4, -0.2) is 62.4 Å². The molecular weight excluding hydrogens is 164 g/mol. The molecule has 0 aromatic rings. The van der Waals surface area contributed by atoms with Crippen molar-refractivity contribution >= 4 is 0 Å². The second kappa shape index (κ2) is 4.91. The summed E-state index contributed by atoms with van der Waals surface area (Å²) >= 11 is 0. The molecule has 0 radical (unpaired) electrons. The van der Waals surface area contributed by atoms with E-state index < -0.39 is 0 Å². The lowest BCUT2D eigenvalue weighted by Crippen LogP contribution is -2.50. The average Bonchev–Trinajstić information content (AvgIpc) is 2.17. The number of nitrogens with one attached hydrogen (secondary N) is 2. The molecule has 0 aromatic carbocycles. The van der Waals surface area contributed by atoms with Gasteiger partial charge in [-0.05, 0) is 6.42 Å². The zero-order chi connectivity index (χ0) is 8.93. The van der Waals surface area contributed by atoms with Crippen LogP contribution < -0.4 is 10.6 Å². The second-order valence-corrected chi connectivity index (χ2v) is 3.91. The molecule has 0 spiro atoms. The van der Waals surface area contributed by atoms with Crippen LogP contribution in [0.5, 0.6) is 0 Å². The van der Waals surface area contributed by atoms with Gasteiger partial charge < -0.3 is 10.6 Å². The molecule has 4 nitrogen and oxygen atoms in total. The van der Waals surface area contributed by atoms with Crippen LogP contribution in [0.3, 0.4) is 0 Å². The minimum absolute atomic E-state index is 0.960. The molecule has 76 valence electrons. The molecule has 2 atom stereocenters. The SMILES string of the molecule is C1CN2CCNCNCCN(C1)C2. The molecule has 2 heterocycles. The first-order valence-corrected chi connectivity index (χ1v) is 5.31. The smallest absolute Gasteiger partial charge is 0.0507 e. The van der Waals surface area contributed by atoms with Gasteiger partial charge in [-0.15, -0.1) is 0 Å². The highest BCUT2D eigenvalue weighted by Gasteiger charge is 2.16. The number of rotatable bonds is 0. The highest BCUT2D eigenvalue weighted by molar-refractivity contribution is 4.71. The predicted octanol–water partition coefficient (Wildman–Crippen LogP) is -0.898. The maximum atomic E-state index is 3.39. The minimum atomic E-state index is 0.960. The molecule has 2 aliphatic heterocycles. The van der Waals surface area contributed by atoms with Gasteiger partial charge in [0.1, 0.15) is 0 Å². The molecule has 13 heavy (non-hydrogen) atoms. The molecule has 0 aromatic heterocycles. The van der Waals surface area contributed by atoms with E-state index in [2.05, 4.69) is 20.4 Å². The molecule has 4 heteroatoms. The standard InChI is InChI=1S/C9H20N4/c1-4-12-6-2-10-8-11-3-7-13(5-1)9-12/h10-11H,1-9H2. The van der Waals surface area contributed by atoms with Crippen LogP contribution in [0.15, 0.2) is 0 Å².